The van der Waals surface area contributed by atoms with E-state index < -0.39 is 0 Å². The molecule has 1 N–H and O–H groups in total. The molecule has 3 heteroatoms. The number of carbonyl (C=O) groups excluding carboxylic acids is 1. The van der Waals surface area contributed by atoms with E-state index in [1.54, 1.807) is 12.5 Å². The molecule has 0 amide bonds. The summed E-state index contributed by atoms with van der Waals surface area (Å²) < 4.78 is 5.18. The van der Waals surface area contributed by atoms with E-state index in [0.29, 0.717) is 5.92 Å². The molecule has 1 saturated carbocycles. The molecule has 0 bridgehead atoms. The Hall–Kier alpha value is -1.35. The fourth-order valence-corrected chi connectivity index (χ4v) is 4.60. The molecule has 0 spiro atoms. The monoisotopic (exact) mass is 316 g/mol. The molecule has 0 aliphatic heterocycles. The van der Waals surface area contributed by atoms with Gasteiger partial charge >= 0.3 is 0 Å². The Morgan fingerprint density at radius 3 is 2.70 bits per heavy atom. The zero-order chi connectivity index (χ0) is 16.8. The highest BCUT2D eigenvalue weighted by atomic mass is 16.3. The highest BCUT2D eigenvalue weighted by Gasteiger charge is 2.52. The zero-order valence-electron chi connectivity index (χ0n) is 14.6. The summed E-state index contributed by atoms with van der Waals surface area (Å²) >= 11 is 0. The van der Waals surface area contributed by atoms with Gasteiger partial charge < -0.3 is 9.52 Å². The van der Waals surface area contributed by atoms with Gasteiger partial charge in [0.15, 0.2) is 5.78 Å². The first-order valence-electron chi connectivity index (χ1n) is 8.72. The molecular weight excluding hydrogens is 288 g/mol. The van der Waals surface area contributed by atoms with E-state index in [2.05, 4.69) is 27.7 Å². The number of rotatable bonds is 3. The summed E-state index contributed by atoms with van der Waals surface area (Å²) in [7, 11) is 0. The minimum atomic E-state index is -0.357. The quantitative estimate of drug-likeness (QED) is 0.911. The number of aliphatic hydroxyl groups is 1. The van der Waals surface area contributed by atoms with Crippen molar-refractivity contribution >= 4 is 5.78 Å². The van der Waals surface area contributed by atoms with Gasteiger partial charge in [0.2, 0.25) is 0 Å². The van der Waals surface area contributed by atoms with Crippen molar-refractivity contribution in [2.24, 2.45) is 22.7 Å². The van der Waals surface area contributed by atoms with Crippen LogP contribution in [0, 0.1) is 22.7 Å². The van der Waals surface area contributed by atoms with Gasteiger partial charge in [-0.3, -0.25) is 4.79 Å². The van der Waals surface area contributed by atoms with Crippen molar-refractivity contribution < 1.29 is 14.3 Å². The number of hydrogen-bond acceptors (Lipinski definition) is 3. The molecule has 0 radical (unpaired) electrons. The van der Waals surface area contributed by atoms with Crippen molar-refractivity contribution in [1.82, 2.24) is 0 Å². The van der Waals surface area contributed by atoms with Gasteiger partial charge in [-0.15, -0.1) is 0 Å². The normalized spacial score (nSPS) is 36.5. The predicted octanol–water partition coefficient (Wildman–Crippen LogP) is 4.16. The third-order valence-corrected chi connectivity index (χ3v) is 6.72. The van der Waals surface area contributed by atoms with Crippen LogP contribution in [0.2, 0.25) is 0 Å². The Balaban J connectivity index is 1.93. The second-order valence-electron chi connectivity index (χ2n) is 8.23. The molecule has 2 aliphatic rings. The summed E-state index contributed by atoms with van der Waals surface area (Å²) in [6.45, 7) is 8.49. The molecule has 3 nitrogen and oxygen atoms in total. The smallest absolute Gasteiger partial charge is 0.159 e. The summed E-state index contributed by atoms with van der Waals surface area (Å²) in [4.78, 5) is 12.6. The van der Waals surface area contributed by atoms with Crippen molar-refractivity contribution in [3.8, 4) is 0 Å². The van der Waals surface area contributed by atoms with Crippen LogP contribution >= 0.6 is 0 Å². The van der Waals surface area contributed by atoms with Crippen LogP contribution in [0.15, 0.2) is 34.7 Å². The van der Waals surface area contributed by atoms with Crippen LogP contribution in [0.5, 0.6) is 0 Å². The molecule has 1 fully saturated rings. The maximum Gasteiger partial charge on any atom is 0.159 e. The fraction of sp³-hybridized carbons (Fsp3) is 0.650. The maximum absolute atomic E-state index is 12.6. The van der Waals surface area contributed by atoms with Crippen molar-refractivity contribution in [2.75, 3.05) is 0 Å². The van der Waals surface area contributed by atoms with E-state index in [0.717, 1.165) is 31.3 Å². The standard InChI is InChI=1S/C20H28O3/c1-13-17(21)11-16-15(5-6-18(22)19(16,2)3)20(13,4)9-7-14-8-10-23-12-14/h8,10-13,15,18,22H,5-7,9H2,1-4H3/t13-,15+,18+,20-/m0/s1. The van der Waals surface area contributed by atoms with Gasteiger partial charge in [-0.1, -0.05) is 33.3 Å². The van der Waals surface area contributed by atoms with Gasteiger partial charge in [-0.2, -0.15) is 0 Å². The number of ketones is 1. The average molecular weight is 316 g/mol. The van der Waals surface area contributed by atoms with Crippen molar-refractivity contribution in [3.63, 3.8) is 0 Å². The molecule has 0 aromatic carbocycles. The molecule has 1 heterocycles. The van der Waals surface area contributed by atoms with Gasteiger partial charge in [0.05, 0.1) is 18.6 Å². The second kappa shape index (κ2) is 5.62. The van der Waals surface area contributed by atoms with Crippen LogP contribution in [0.25, 0.3) is 0 Å². The third-order valence-electron chi connectivity index (χ3n) is 6.72. The van der Waals surface area contributed by atoms with Crippen LogP contribution in [0.1, 0.15) is 52.5 Å². The lowest BCUT2D eigenvalue weighted by Crippen LogP contribution is -2.50. The first-order chi connectivity index (χ1) is 10.8. The molecule has 23 heavy (non-hydrogen) atoms. The number of carbonyl (C=O) groups is 1. The SMILES string of the molecule is C[C@H]1C(=O)C=C2[C@@H](CC[C@@H](O)C2(C)C)[C@@]1(C)CCc1ccoc1. The van der Waals surface area contributed by atoms with E-state index in [1.165, 1.54) is 5.56 Å². The van der Waals surface area contributed by atoms with E-state index in [9.17, 15) is 9.90 Å². The van der Waals surface area contributed by atoms with Gasteiger partial charge in [0, 0.05) is 11.3 Å². The highest BCUT2D eigenvalue weighted by Crippen LogP contribution is 2.57. The number of furan rings is 1. The molecule has 1 aromatic heterocycles. The van der Waals surface area contributed by atoms with E-state index in [-0.39, 0.29) is 28.6 Å². The Morgan fingerprint density at radius 2 is 2.04 bits per heavy atom. The molecule has 1 aromatic rings. The lowest BCUT2D eigenvalue weighted by Gasteiger charge is -2.53. The van der Waals surface area contributed by atoms with Crippen LogP contribution < -0.4 is 0 Å². The Morgan fingerprint density at radius 1 is 1.30 bits per heavy atom. The highest BCUT2D eigenvalue weighted by molar-refractivity contribution is 5.94. The minimum absolute atomic E-state index is 0.0224. The summed E-state index contributed by atoms with van der Waals surface area (Å²) in [6, 6.07) is 2.00. The Bertz CT molecular complexity index is 611. The molecular formula is C20H28O3. The summed E-state index contributed by atoms with van der Waals surface area (Å²) in [5, 5.41) is 10.4. The fourth-order valence-electron chi connectivity index (χ4n) is 4.60. The molecule has 126 valence electrons. The molecule has 3 rings (SSSR count). The van der Waals surface area contributed by atoms with Crippen molar-refractivity contribution in [3.05, 3.63) is 35.8 Å². The number of hydrogen-bond donors (Lipinski definition) is 1. The Kier molecular flexibility index (Phi) is 4.04. The second-order valence-corrected chi connectivity index (χ2v) is 8.23. The minimum Gasteiger partial charge on any atom is -0.472 e. The maximum atomic E-state index is 12.6. The third kappa shape index (κ3) is 2.59. The van der Waals surface area contributed by atoms with Crippen LogP contribution in [0.3, 0.4) is 0 Å². The summed E-state index contributed by atoms with van der Waals surface area (Å²) in [5.41, 5.74) is 1.98. The number of allylic oxidation sites excluding steroid dienone is 1. The van der Waals surface area contributed by atoms with Crippen LogP contribution in [0.4, 0.5) is 0 Å². The first-order valence-corrected chi connectivity index (χ1v) is 8.72. The summed E-state index contributed by atoms with van der Waals surface area (Å²) in [6.07, 6.45) is 8.67. The van der Waals surface area contributed by atoms with Gasteiger partial charge in [0.25, 0.3) is 0 Å². The van der Waals surface area contributed by atoms with Crippen LogP contribution in [-0.2, 0) is 11.2 Å². The molecule has 2 aliphatic carbocycles. The zero-order valence-corrected chi connectivity index (χ0v) is 14.6. The van der Waals surface area contributed by atoms with Gasteiger partial charge in [0.1, 0.15) is 0 Å². The van der Waals surface area contributed by atoms with Gasteiger partial charge in [-0.25, -0.2) is 0 Å². The van der Waals surface area contributed by atoms with E-state index >= 15 is 0 Å². The predicted molar refractivity (Wildman–Crippen MR) is 89.9 cm³/mol. The first kappa shape index (κ1) is 16.5. The van der Waals surface area contributed by atoms with Crippen molar-refractivity contribution in [1.29, 1.82) is 0 Å². The summed E-state index contributed by atoms with van der Waals surface area (Å²) in [5.74, 6) is 0.614. The lowest BCUT2D eigenvalue weighted by atomic mass is 9.51. The largest absolute Gasteiger partial charge is 0.472 e. The number of fused-ring (bicyclic) bond motifs is 1. The lowest BCUT2D eigenvalue weighted by molar-refractivity contribution is -0.126. The number of aliphatic hydroxyl groups excluding tert-OH is 1. The topological polar surface area (TPSA) is 50.4 Å². The molecule has 0 saturated heterocycles. The molecule has 4 atom stereocenters. The van der Waals surface area contributed by atoms with Crippen molar-refractivity contribution in [2.45, 2.75) is 59.5 Å². The van der Waals surface area contributed by atoms with E-state index in [1.807, 2.05) is 12.1 Å². The van der Waals surface area contributed by atoms with E-state index in [4.69, 9.17) is 4.42 Å². The average Bonchev–Trinajstić information content (AvgIpc) is 3.01. The Labute approximate surface area is 138 Å². The van der Waals surface area contributed by atoms with Crippen LogP contribution in [-0.4, -0.2) is 17.0 Å². The number of aryl methyl sites for hydroxylation is 1. The molecule has 0 unspecified atom stereocenters. The van der Waals surface area contributed by atoms with Gasteiger partial charge in [-0.05, 0) is 54.7 Å².